The quantitative estimate of drug-likeness (QED) is 0.430. The Labute approximate surface area is 197 Å². The van der Waals surface area contributed by atoms with Crippen LogP contribution in [0, 0.1) is 13.8 Å². The Morgan fingerprint density at radius 3 is 2.35 bits per heavy atom. The Morgan fingerprint density at radius 2 is 1.59 bits per heavy atom. The zero-order valence-electron chi connectivity index (χ0n) is 18.6. The van der Waals surface area contributed by atoms with Crippen molar-refractivity contribution in [1.29, 1.82) is 0 Å². The van der Waals surface area contributed by atoms with Crippen LogP contribution < -0.4 is 5.32 Å². The number of ketones is 1. The number of benzene rings is 3. The third kappa shape index (κ3) is 3.43. The molecular weight excluding hydrogens is 450 g/mol. The number of fused-ring (bicyclic) bond motifs is 2. The van der Waals surface area contributed by atoms with Crippen molar-refractivity contribution in [3.63, 3.8) is 0 Å². The molecule has 170 valence electrons. The molecule has 3 aromatic carbocycles. The summed E-state index contributed by atoms with van der Waals surface area (Å²) in [7, 11) is -3.91. The van der Waals surface area contributed by atoms with Crippen LogP contribution in [0.3, 0.4) is 0 Å². The van der Waals surface area contributed by atoms with Crippen LogP contribution >= 0.6 is 0 Å². The minimum absolute atomic E-state index is 0.0374. The van der Waals surface area contributed by atoms with Gasteiger partial charge in [0.15, 0.2) is 5.78 Å². The van der Waals surface area contributed by atoms with E-state index in [4.69, 9.17) is 0 Å². The van der Waals surface area contributed by atoms with Crippen molar-refractivity contribution in [1.82, 2.24) is 15.1 Å². The number of hydrogen-bond donors (Lipinski definition) is 1. The molecule has 0 radical (unpaired) electrons. The summed E-state index contributed by atoms with van der Waals surface area (Å²) >= 11 is 0. The Kier molecular flexibility index (Phi) is 5.17. The van der Waals surface area contributed by atoms with Crippen molar-refractivity contribution in [2.45, 2.75) is 30.2 Å². The van der Waals surface area contributed by atoms with E-state index in [1.165, 1.54) is 30.3 Å². The maximum absolute atomic E-state index is 13.1. The van der Waals surface area contributed by atoms with Gasteiger partial charge in [0.1, 0.15) is 0 Å². The smallest absolute Gasteiger partial charge is 0.251 e. The number of aromatic nitrogens is 2. The lowest BCUT2D eigenvalue weighted by atomic mass is 10.0. The summed E-state index contributed by atoms with van der Waals surface area (Å²) in [5, 5.41) is 7.44. The van der Waals surface area contributed by atoms with E-state index >= 15 is 0 Å². The normalized spacial score (nSPS) is 13.8. The molecule has 2 heterocycles. The highest BCUT2D eigenvalue weighted by Crippen LogP contribution is 2.34. The summed E-state index contributed by atoms with van der Waals surface area (Å²) in [5.41, 5.74) is 3.88. The average molecular weight is 472 g/mol. The van der Waals surface area contributed by atoms with Crippen LogP contribution in [0.1, 0.15) is 43.2 Å². The molecule has 1 N–H and O–H groups in total. The number of carbonyl (C=O) groups excluding carboxylic acids is 2. The second-order valence-corrected chi connectivity index (χ2v) is 10.0. The van der Waals surface area contributed by atoms with E-state index in [0.29, 0.717) is 0 Å². The van der Waals surface area contributed by atoms with Crippen molar-refractivity contribution >= 4 is 21.5 Å². The average Bonchev–Trinajstić information content (AvgIpc) is 3.14. The number of amides is 1. The van der Waals surface area contributed by atoms with Gasteiger partial charge in [-0.15, -0.1) is 0 Å². The number of sulfone groups is 1. The standard InChI is InChI=1S/C26H21N3O4S/c1-16-22(17(2)29(28-16)19-8-4-3-5-9-19)15-27-26(31)18-12-13-21-24(14-18)34(32,33)23-11-7-6-10-20(23)25(21)30/h3-14H,15H2,1-2H3,(H,27,31). The van der Waals surface area contributed by atoms with Gasteiger partial charge < -0.3 is 5.32 Å². The molecule has 0 unspecified atom stereocenters. The van der Waals surface area contributed by atoms with Crippen molar-refractivity contribution in [2.24, 2.45) is 0 Å². The van der Waals surface area contributed by atoms with E-state index in [9.17, 15) is 18.0 Å². The number of carbonyl (C=O) groups is 2. The summed E-state index contributed by atoms with van der Waals surface area (Å²) < 4.78 is 28.1. The summed E-state index contributed by atoms with van der Waals surface area (Å²) in [4.78, 5) is 25.5. The topological polar surface area (TPSA) is 98.1 Å². The van der Waals surface area contributed by atoms with Crippen LogP contribution in [-0.4, -0.2) is 29.9 Å². The van der Waals surface area contributed by atoms with Crippen LogP contribution in [0.5, 0.6) is 0 Å². The first-order valence-corrected chi connectivity index (χ1v) is 12.2. The van der Waals surface area contributed by atoms with Gasteiger partial charge in [0, 0.05) is 34.5 Å². The Morgan fingerprint density at radius 1 is 0.912 bits per heavy atom. The number of nitrogens with one attached hydrogen (secondary N) is 1. The number of nitrogens with zero attached hydrogens (tertiary/aromatic N) is 2. The second kappa shape index (κ2) is 8.07. The summed E-state index contributed by atoms with van der Waals surface area (Å²) in [5.74, 6) is -0.803. The predicted octanol–water partition coefficient (Wildman–Crippen LogP) is 3.80. The first-order chi connectivity index (χ1) is 16.3. The van der Waals surface area contributed by atoms with E-state index < -0.39 is 15.7 Å². The van der Waals surface area contributed by atoms with Crippen LogP contribution in [0.2, 0.25) is 0 Å². The number of aryl methyl sites for hydroxylation is 1. The lowest BCUT2D eigenvalue weighted by molar-refractivity contribution is 0.0948. The second-order valence-electron chi connectivity index (χ2n) is 8.12. The molecule has 7 nitrogen and oxygen atoms in total. The van der Waals surface area contributed by atoms with Gasteiger partial charge in [0.2, 0.25) is 9.84 Å². The molecule has 4 aromatic rings. The van der Waals surface area contributed by atoms with Crippen molar-refractivity contribution < 1.29 is 18.0 Å². The van der Waals surface area contributed by atoms with Crippen molar-refractivity contribution in [2.75, 3.05) is 0 Å². The van der Waals surface area contributed by atoms with Gasteiger partial charge >= 0.3 is 0 Å². The summed E-state index contributed by atoms with van der Waals surface area (Å²) in [6.07, 6.45) is 0. The Balaban J connectivity index is 1.42. The number of para-hydroxylation sites is 1. The molecule has 1 aliphatic rings. The van der Waals surface area contributed by atoms with E-state index in [-0.39, 0.29) is 38.8 Å². The maximum atomic E-state index is 13.1. The van der Waals surface area contributed by atoms with Crippen LogP contribution in [0.25, 0.3) is 5.69 Å². The van der Waals surface area contributed by atoms with E-state index in [0.717, 1.165) is 22.6 Å². The molecule has 1 aromatic heterocycles. The molecule has 1 amide bonds. The van der Waals surface area contributed by atoms with Crippen LogP contribution in [-0.2, 0) is 16.4 Å². The Hall–Kier alpha value is -4.04. The highest BCUT2D eigenvalue weighted by atomic mass is 32.2. The summed E-state index contributed by atoms with van der Waals surface area (Å²) in [6.45, 7) is 4.04. The Bertz CT molecular complexity index is 1570. The SMILES string of the molecule is Cc1nn(-c2ccccc2)c(C)c1CNC(=O)c1ccc2c(c1)S(=O)(=O)c1ccccc1C2=O. The predicted molar refractivity (Wildman–Crippen MR) is 126 cm³/mol. The lowest BCUT2D eigenvalue weighted by Crippen LogP contribution is -2.25. The van der Waals surface area contributed by atoms with Crippen molar-refractivity contribution in [3.05, 3.63) is 106 Å². The molecule has 1 aliphatic heterocycles. The molecule has 0 saturated heterocycles. The summed E-state index contributed by atoms with van der Waals surface area (Å²) in [6, 6.07) is 20.0. The molecule has 0 atom stereocenters. The van der Waals surface area contributed by atoms with Crippen LogP contribution in [0.15, 0.2) is 82.6 Å². The van der Waals surface area contributed by atoms with Gasteiger partial charge in [-0.25, -0.2) is 13.1 Å². The van der Waals surface area contributed by atoms with E-state index in [2.05, 4.69) is 10.4 Å². The largest absolute Gasteiger partial charge is 0.348 e. The molecule has 0 bridgehead atoms. The first-order valence-electron chi connectivity index (χ1n) is 10.7. The molecule has 5 rings (SSSR count). The van der Waals surface area contributed by atoms with Gasteiger partial charge in [-0.1, -0.05) is 30.3 Å². The number of rotatable bonds is 4. The fraction of sp³-hybridized carbons (Fsp3) is 0.115. The molecule has 0 fully saturated rings. The fourth-order valence-electron chi connectivity index (χ4n) is 4.25. The van der Waals surface area contributed by atoms with Crippen molar-refractivity contribution in [3.8, 4) is 5.69 Å². The molecular formula is C26H21N3O4S. The highest BCUT2D eigenvalue weighted by Gasteiger charge is 2.35. The monoisotopic (exact) mass is 471 g/mol. The van der Waals surface area contributed by atoms with E-state index in [1.54, 1.807) is 12.1 Å². The van der Waals surface area contributed by atoms with Gasteiger partial charge in [-0.2, -0.15) is 5.10 Å². The molecule has 0 aliphatic carbocycles. The highest BCUT2D eigenvalue weighted by molar-refractivity contribution is 7.91. The minimum Gasteiger partial charge on any atom is -0.348 e. The molecule has 34 heavy (non-hydrogen) atoms. The van der Waals surface area contributed by atoms with Crippen LogP contribution in [0.4, 0.5) is 0 Å². The zero-order valence-corrected chi connectivity index (χ0v) is 19.4. The first kappa shape index (κ1) is 21.8. The van der Waals surface area contributed by atoms with Gasteiger partial charge in [0.05, 0.1) is 21.2 Å². The molecule has 8 heteroatoms. The molecule has 0 saturated carbocycles. The fourth-order valence-corrected chi connectivity index (χ4v) is 5.93. The molecule has 0 spiro atoms. The van der Waals surface area contributed by atoms with Gasteiger partial charge in [-0.3, -0.25) is 9.59 Å². The third-order valence-electron chi connectivity index (χ3n) is 6.07. The van der Waals surface area contributed by atoms with Gasteiger partial charge in [-0.05, 0) is 56.3 Å². The lowest BCUT2D eigenvalue weighted by Gasteiger charge is -2.19. The van der Waals surface area contributed by atoms with E-state index in [1.807, 2.05) is 48.9 Å². The zero-order chi connectivity index (χ0) is 24.0. The number of hydrogen-bond acceptors (Lipinski definition) is 5. The van der Waals surface area contributed by atoms with Gasteiger partial charge in [0.25, 0.3) is 5.91 Å². The third-order valence-corrected chi connectivity index (χ3v) is 7.92. The maximum Gasteiger partial charge on any atom is 0.251 e. The minimum atomic E-state index is -3.91.